The van der Waals surface area contributed by atoms with E-state index in [0.29, 0.717) is 0 Å². The smallest absolute Gasteiger partial charge is 0.0411 e. The van der Waals surface area contributed by atoms with Crippen molar-refractivity contribution in [2.75, 3.05) is 18.0 Å². The van der Waals surface area contributed by atoms with Crippen molar-refractivity contribution < 1.29 is 0 Å². The minimum atomic E-state index is 0.229. The maximum absolute atomic E-state index is 3.71. The number of rotatable bonds is 6. The summed E-state index contributed by atoms with van der Waals surface area (Å²) in [7, 11) is 0. The van der Waals surface area contributed by atoms with Crippen LogP contribution < -0.4 is 10.2 Å². The van der Waals surface area contributed by atoms with Gasteiger partial charge in [0.25, 0.3) is 0 Å². The second kappa shape index (κ2) is 6.42. The van der Waals surface area contributed by atoms with Gasteiger partial charge in [-0.1, -0.05) is 31.5 Å². The van der Waals surface area contributed by atoms with Crippen LogP contribution in [-0.2, 0) is 6.54 Å². The standard InChI is InChI=1S/C17H28N2/c1-4-11-17(2,3)18-14-15-9-5-6-10-16(15)19-12-7-8-13-19/h5-6,9-10,18H,4,7-8,11-14H2,1-3H3. The molecule has 19 heavy (non-hydrogen) atoms. The Morgan fingerprint density at radius 3 is 2.53 bits per heavy atom. The van der Waals surface area contributed by atoms with E-state index in [4.69, 9.17) is 0 Å². The van der Waals surface area contributed by atoms with Gasteiger partial charge in [-0.2, -0.15) is 0 Å². The Morgan fingerprint density at radius 1 is 1.16 bits per heavy atom. The van der Waals surface area contributed by atoms with Crippen LogP contribution in [0.15, 0.2) is 24.3 Å². The monoisotopic (exact) mass is 260 g/mol. The minimum absolute atomic E-state index is 0.229. The molecule has 2 heteroatoms. The van der Waals surface area contributed by atoms with Crippen molar-refractivity contribution in [3.05, 3.63) is 29.8 Å². The molecular weight excluding hydrogens is 232 g/mol. The summed E-state index contributed by atoms with van der Waals surface area (Å²) < 4.78 is 0. The first kappa shape index (κ1) is 14.4. The Balaban J connectivity index is 2.03. The van der Waals surface area contributed by atoms with Crippen molar-refractivity contribution in [1.29, 1.82) is 0 Å². The van der Waals surface area contributed by atoms with E-state index in [1.807, 2.05) is 0 Å². The zero-order chi connectivity index (χ0) is 13.7. The van der Waals surface area contributed by atoms with E-state index in [1.165, 1.54) is 50.0 Å². The molecule has 0 amide bonds. The quantitative estimate of drug-likeness (QED) is 0.833. The summed E-state index contributed by atoms with van der Waals surface area (Å²) in [4.78, 5) is 2.53. The Labute approximate surface area is 118 Å². The normalized spacial score (nSPS) is 16.1. The lowest BCUT2D eigenvalue weighted by Crippen LogP contribution is -2.38. The first-order valence-electron chi connectivity index (χ1n) is 7.70. The molecule has 1 saturated heterocycles. The maximum Gasteiger partial charge on any atom is 0.0411 e. The average Bonchev–Trinajstić information content (AvgIpc) is 2.90. The summed E-state index contributed by atoms with van der Waals surface area (Å²) in [5.74, 6) is 0. The molecule has 0 atom stereocenters. The molecule has 1 N–H and O–H groups in total. The van der Waals surface area contributed by atoms with Gasteiger partial charge in [-0.15, -0.1) is 0 Å². The summed E-state index contributed by atoms with van der Waals surface area (Å²) >= 11 is 0. The molecule has 0 spiro atoms. The number of benzene rings is 1. The summed E-state index contributed by atoms with van der Waals surface area (Å²) in [6.45, 7) is 10.3. The summed E-state index contributed by atoms with van der Waals surface area (Å²) in [5.41, 5.74) is 3.10. The number of hydrogen-bond acceptors (Lipinski definition) is 2. The molecule has 0 aliphatic carbocycles. The Kier molecular flexibility index (Phi) is 4.87. The molecule has 0 bridgehead atoms. The van der Waals surface area contributed by atoms with Crippen LogP contribution in [0.2, 0.25) is 0 Å². The topological polar surface area (TPSA) is 15.3 Å². The highest BCUT2D eigenvalue weighted by Crippen LogP contribution is 2.25. The van der Waals surface area contributed by atoms with Crippen molar-refractivity contribution in [3.8, 4) is 0 Å². The van der Waals surface area contributed by atoms with Crippen LogP contribution in [0.4, 0.5) is 5.69 Å². The molecule has 2 nitrogen and oxygen atoms in total. The highest BCUT2D eigenvalue weighted by Gasteiger charge is 2.18. The lowest BCUT2D eigenvalue weighted by molar-refractivity contribution is 0.357. The molecule has 0 aromatic heterocycles. The Bertz CT molecular complexity index is 392. The fourth-order valence-corrected chi connectivity index (χ4v) is 2.97. The molecular formula is C17H28N2. The van der Waals surface area contributed by atoms with Gasteiger partial charge in [0.1, 0.15) is 0 Å². The van der Waals surface area contributed by atoms with Gasteiger partial charge in [0, 0.05) is 30.9 Å². The molecule has 1 aromatic carbocycles. The molecule has 1 aliphatic heterocycles. The predicted molar refractivity (Wildman–Crippen MR) is 83.7 cm³/mol. The van der Waals surface area contributed by atoms with Crippen LogP contribution in [0.3, 0.4) is 0 Å². The lowest BCUT2D eigenvalue weighted by atomic mass is 9.98. The van der Waals surface area contributed by atoms with E-state index in [1.54, 1.807) is 0 Å². The SMILES string of the molecule is CCCC(C)(C)NCc1ccccc1N1CCCC1. The lowest BCUT2D eigenvalue weighted by Gasteiger charge is -2.28. The minimum Gasteiger partial charge on any atom is -0.371 e. The van der Waals surface area contributed by atoms with E-state index < -0.39 is 0 Å². The highest BCUT2D eigenvalue weighted by molar-refractivity contribution is 5.54. The van der Waals surface area contributed by atoms with Gasteiger partial charge in [0.2, 0.25) is 0 Å². The predicted octanol–water partition coefficient (Wildman–Crippen LogP) is 3.96. The van der Waals surface area contributed by atoms with Gasteiger partial charge in [-0.05, 0) is 44.7 Å². The number of anilines is 1. The summed E-state index contributed by atoms with van der Waals surface area (Å²) in [5, 5.41) is 3.71. The van der Waals surface area contributed by atoms with Gasteiger partial charge < -0.3 is 10.2 Å². The third kappa shape index (κ3) is 3.97. The molecule has 1 aliphatic rings. The average molecular weight is 260 g/mol. The fraction of sp³-hybridized carbons (Fsp3) is 0.647. The zero-order valence-corrected chi connectivity index (χ0v) is 12.7. The Hall–Kier alpha value is -1.02. The number of hydrogen-bond donors (Lipinski definition) is 1. The van der Waals surface area contributed by atoms with Crippen molar-refractivity contribution in [1.82, 2.24) is 5.32 Å². The van der Waals surface area contributed by atoms with Gasteiger partial charge in [-0.25, -0.2) is 0 Å². The molecule has 0 unspecified atom stereocenters. The molecule has 1 fully saturated rings. The summed E-state index contributed by atoms with van der Waals surface area (Å²) in [6, 6.07) is 8.86. The van der Waals surface area contributed by atoms with E-state index in [0.717, 1.165) is 6.54 Å². The highest BCUT2D eigenvalue weighted by atomic mass is 15.1. The van der Waals surface area contributed by atoms with E-state index >= 15 is 0 Å². The van der Waals surface area contributed by atoms with Crippen molar-refractivity contribution in [2.24, 2.45) is 0 Å². The van der Waals surface area contributed by atoms with Crippen LogP contribution in [0.1, 0.15) is 52.0 Å². The van der Waals surface area contributed by atoms with Crippen molar-refractivity contribution in [2.45, 2.75) is 58.5 Å². The Morgan fingerprint density at radius 2 is 1.84 bits per heavy atom. The van der Waals surface area contributed by atoms with Crippen molar-refractivity contribution >= 4 is 5.69 Å². The van der Waals surface area contributed by atoms with E-state index in [2.05, 4.69) is 55.3 Å². The van der Waals surface area contributed by atoms with Crippen molar-refractivity contribution in [3.63, 3.8) is 0 Å². The second-order valence-electron chi connectivity index (χ2n) is 6.31. The molecule has 1 heterocycles. The number of nitrogens with one attached hydrogen (secondary N) is 1. The maximum atomic E-state index is 3.71. The fourth-order valence-electron chi connectivity index (χ4n) is 2.97. The van der Waals surface area contributed by atoms with Crippen LogP contribution >= 0.6 is 0 Å². The molecule has 1 aromatic rings. The van der Waals surface area contributed by atoms with Crippen LogP contribution in [-0.4, -0.2) is 18.6 Å². The molecule has 2 rings (SSSR count). The van der Waals surface area contributed by atoms with Gasteiger partial charge >= 0.3 is 0 Å². The van der Waals surface area contributed by atoms with E-state index in [-0.39, 0.29) is 5.54 Å². The van der Waals surface area contributed by atoms with E-state index in [9.17, 15) is 0 Å². The third-order valence-corrected chi connectivity index (χ3v) is 4.07. The van der Waals surface area contributed by atoms with Crippen LogP contribution in [0.5, 0.6) is 0 Å². The second-order valence-corrected chi connectivity index (χ2v) is 6.31. The van der Waals surface area contributed by atoms with Gasteiger partial charge in [-0.3, -0.25) is 0 Å². The number of nitrogens with zero attached hydrogens (tertiary/aromatic N) is 1. The van der Waals surface area contributed by atoms with Crippen LogP contribution in [0.25, 0.3) is 0 Å². The number of para-hydroxylation sites is 1. The van der Waals surface area contributed by atoms with Gasteiger partial charge in [0.15, 0.2) is 0 Å². The first-order chi connectivity index (χ1) is 9.12. The van der Waals surface area contributed by atoms with Crippen LogP contribution in [0, 0.1) is 0 Å². The molecule has 0 saturated carbocycles. The largest absolute Gasteiger partial charge is 0.371 e. The molecule has 0 radical (unpaired) electrons. The molecule has 106 valence electrons. The third-order valence-electron chi connectivity index (χ3n) is 4.07. The zero-order valence-electron chi connectivity index (χ0n) is 12.7. The first-order valence-corrected chi connectivity index (χ1v) is 7.70. The summed E-state index contributed by atoms with van der Waals surface area (Å²) in [6.07, 6.45) is 5.12. The van der Waals surface area contributed by atoms with Gasteiger partial charge in [0.05, 0.1) is 0 Å².